The van der Waals surface area contributed by atoms with Crippen molar-refractivity contribution in [2.75, 3.05) is 10.6 Å². The second kappa shape index (κ2) is 6.27. The van der Waals surface area contributed by atoms with Gasteiger partial charge in [-0.25, -0.2) is 13.8 Å². The van der Waals surface area contributed by atoms with Gasteiger partial charge in [-0.05, 0) is 37.3 Å². The smallest absolute Gasteiger partial charge is 0.246 e. The van der Waals surface area contributed by atoms with Crippen molar-refractivity contribution < 1.29 is 18.0 Å². The molecule has 124 valence electrons. The molecule has 0 unspecified atom stereocenters. The van der Waals surface area contributed by atoms with E-state index in [-0.39, 0.29) is 5.69 Å². The number of hydrogen-bond donors (Lipinski definition) is 2. The van der Waals surface area contributed by atoms with E-state index in [1.54, 1.807) is 32.0 Å². The van der Waals surface area contributed by atoms with Gasteiger partial charge >= 0.3 is 0 Å². The highest BCUT2D eigenvalue weighted by Gasteiger charge is 2.16. The predicted molar refractivity (Wildman–Crippen MR) is 86.8 cm³/mol. The Morgan fingerprint density at radius 2 is 2.00 bits per heavy atom. The van der Waals surface area contributed by atoms with Gasteiger partial charge in [0.15, 0.2) is 11.5 Å². The summed E-state index contributed by atoms with van der Waals surface area (Å²) in [6.45, 7) is 3.36. The minimum absolute atomic E-state index is 0.198. The first-order chi connectivity index (χ1) is 11.4. The lowest BCUT2D eigenvalue weighted by molar-refractivity contribution is -0.116. The molecular weight excluding hydrogens is 316 g/mol. The highest BCUT2D eigenvalue weighted by molar-refractivity contribution is 5.96. The first-order valence-corrected chi connectivity index (χ1v) is 7.32. The second-order valence-corrected chi connectivity index (χ2v) is 5.39. The van der Waals surface area contributed by atoms with Crippen LogP contribution in [0.5, 0.6) is 0 Å². The van der Waals surface area contributed by atoms with E-state index in [0.717, 1.165) is 18.2 Å². The number of benzene rings is 2. The van der Waals surface area contributed by atoms with Crippen LogP contribution in [0.1, 0.15) is 12.8 Å². The van der Waals surface area contributed by atoms with Crippen LogP contribution >= 0.6 is 0 Å². The molecule has 0 aliphatic carbocycles. The van der Waals surface area contributed by atoms with E-state index in [1.807, 2.05) is 0 Å². The van der Waals surface area contributed by atoms with Gasteiger partial charge in [-0.3, -0.25) is 4.79 Å². The Kier molecular flexibility index (Phi) is 4.16. The van der Waals surface area contributed by atoms with Crippen LogP contribution in [-0.4, -0.2) is 16.9 Å². The fourth-order valence-corrected chi connectivity index (χ4v) is 2.28. The van der Waals surface area contributed by atoms with Crippen LogP contribution in [0.2, 0.25) is 0 Å². The molecule has 0 saturated carbocycles. The van der Waals surface area contributed by atoms with Crippen molar-refractivity contribution in [2.45, 2.75) is 19.9 Å². The number of carbonyl (C=O) groups excluding carboxylic acids is 1. The fraction of sp³-hybridized carbons (Fsp3) is 0.176. The zero-order valence-corrected chi connectivity index (χ0v) is 13.1. The molecule has 7 heteroatoms. The van der Waals surface area contributed by atoms with E-state index in [9.17, 15) is 13.6 Å². The quantitative estimate of drug-likeness (QED) is 0.762. The van der Waals surface area contributed by atoms with Crippen molar-refractivity contribution in [3.8, 4) is 0 Å². The summed E-state index contributed by atoms with van der Waals surface area (Å²) in [5.41, 5.74) is 1.78. The summed E-state index contributed by atoms with van der Waals surface area (Å²) in [6, 6.07) is 7.46. The van der Waals surface area contributed by atoms with Gasteiger partial charge in [-0.2, -0.15) is 0 Å². The molecular formula is C17H15F2N3O2. The molecule has 0 spiro atoms. The number of carbonyl (C=O) groups is 1. The van der Waals surface area contributed by atoms with E-state index >= 15 is 0 Å². The van der Waals surface area contributed by atoms with Gasteiger partial charge in [0.2, 0.25) is 5.91 Å². The molecule has 0 fully saturated rings. The molecule has 2 aromatic carbocycles. The number of nitrogens with zero attached hydrogens (tertiary/aromatic N) is 1. The van der Waals surface area contributed by atoms with E-state index in [4.69, 9.17) is 4.42 Å². The van der Waals surface area contributed by atoms with Gasteiger partial charge < -0.3 is 15.1 Å². The van der Waals surface area contributed by atoms with E-state index in [1.165, 1.54) is 0 Å². The number of halogens is 2. The molecule has 0 bridgehead atoms. The Bertz CT molecular complexity index is 908. The number of oxazole rings is 1. The average molecular weight is 331 g/mol. The van der Waals surface area contributed by atoms with E-state index < -0.39 is 23.6 Å². The number of anilines is 2. The third-order valence-electron chi connectivity index (χ3n) is 3.46. The summed E-state index contributed by atoms with van der Waals surface area (Å²) in [6.07, 6.45) is 0. The Balaban J connectivity index is 1.71. The number of hydrogen-bond acceptors (Lipinski definition) is 4. The summed E-state index contributed by atoms with van der Waals surface area (Å²) in [4.78, 5) is 16.4. The monoisotopic (exact) mass is 331 g/mol. The molecule has 0 radical (unpaired) electrons. The van der Waals surface area contributed by atoms with Crippen molar-refractivity contribution in [3.63, 3.8) is 0 Å². The average Bonchev–Trinajstić information content (AvgIpc) is 2.90. The molecule has 0 aliphatic rings. The highest BCUT2D eigenvalue weighted by Crippen LogP contribution is 2.21. The Hall–Kier alpha value is -2.96. The molecule has 5 nitrogen and oxygen atoms in total. The molecule has 24 heavy (non-hydrogen) atoms. The molecule has 3 aromatic rings. The van der Waals surface area contributed by atoms with Crippen LogP contribution in [0.4, 0.5) is 20.2 Å². The maximum Gasteiger partial charge on any atom is 0.246 e. The Labute approximate surface area is 136 Å². The molecule has 1 amide bonds. The highest BCUT2D eigenvalue weighted by atomic mass is 19.1. The molecule has 1 heterocycles. The van der Waals surface area contributed by atoms with Crippen LogP contribution < -0.4 is 10.6 Å². The molecule has 2 N–H and O–H groups in total. The SMILES string of the molecule is Cc1nc2cc(N[C@H](C)C(=O)Nc3cc(F)ccc3F)ccc2o1. The standard InChI is InChI=1S/C17H15F2N3O2/c1-9(17(23)22-14-7-11(18)3-5-13(14)19)20-12-4-6-16-15(8-12)21-10(2)24-16/h3-9,20H,1-2H3,(H,22,23)/t9-/m1/s1. The van der Waals surface area contributed by atoms with Crippen LogP contribution in [0, 0.1) is 18.6 Å². The molecule has 0 saturated heterocycles. The normalized spacial score (nSPS) is 12.2. The van der Waals surface area contributed by atoms with Gasteiger partial charge in [0.05, 0.1) is 5.69 Å². The van der Waals surface area contributed by atoms with Gasteiger partial charge in [0.1, 0.15) is 23.2 Å². The number of aryl methyl sites for hydroxylation is 1. The summed E-state index contributed by atoms with van der Waals surface area (Å²) >= 11 is 0. The third-order valence-corrected chi connectivity index (χ3v) is 3.46. The Morgan fingerprint density at radius 3 is 2.79 bits per heavy atom. The number of aromatic nitrogens is 1. The van der Waals surface area contributed by atoms with Crippen LogP contribution in [0.25, 0.3) is 11.1 Å². The topological polar surface area (TPSA) is 67.2 Å². The van der Waals surface area contributed by atoms with Crippen LogP contribution in [-0.2, 0) is 4.79 Å². The lowest BCUT2D eigenvalue weighted by Gasteiger charge is -2.15. The Morgan fingerprint density at radius 1 is 1.21 bits per heavy atom. The van der Waals surface area contributed by atoms with Gasteiger partial charge in [0, 0.05) is 18.7 Å². The van der Waals surface area contributed by atoms with Gasteiger partial charge in [-0.1, -0.05) is 0 Å². The zero-order valence-electron chi connectivity index (χ0n) is 13.1. The lowest BCUT2D eigenvalue weighted by Crippen LogP contribution is -2.32. The molecule has 1 atom stereocenters. The van der Waals surface area contributed by atoms with Crippen molar-refractivity contribution in [3.05, 3.63) is 53.9 Å². The number of rotatable bonds is 4. The predicted octanol–water partition coefficient (Wildman–Crippen LogP) is 3.85. The van der Waals surface area contributed by atoms with Crippen LogP contribution in [0.3, 0.4) is 0 Å². The number of nitrogens with one attached hydrogen (secondary N) is 2. The molecule has 0 aliphatic heterocycles. The lowest BCUT2D eigenvalue weighted by atomic mass is 10.2. The molecule has 1 aromatic heterocycles. The maximum atomic E-state index is 13.6. The first-order valence-electron chi connectivity index (χ1n) is 7.32. The summed E-state index contributed by atoms with van der Waals surface area (Å²) in [7, 11) is 0. The van der Waals surface area contributed by atoms with E-state index in [2.05, 4.69) is 15.6 Å². The zero-order chi connectivity index (χ0) is 17.3. The summed E-state index contributed by atoms with van der Waals surface area (Å²) in [5.74, 6) is -1.26. The molecule has 3 rings (SSSR count). The van der Waals surface area contributed by atoms with Crippen molar-refractivity contribution in [1.29, 1.82) is 0 Å². The summed E-state index contributed by atoms with van der Waals surface area (Å²) in [5, 5.41) is 5.35. The van der Waals surface area contributed by atoms with Crippen molar-refractivity contribution >= 4 is 28.4 Å². The minimum atomic E-state index is -0.698. The van der Waals surface area contributed by atoms with Gasteiger partial charge in [-0.15, -0.1) is 0 Å². The van der Waals surface area contributed by atoms with Crippen LogP contribution in [0.15, 0.2) is 40.8 Å². The minimum Gasteiger partial charge on any atom is -0.441 e. The number of fused-ring (bicyclic) bond motifs is 1. The summed E-state index contributed by atoms with van der Waals surface area (Å²) < 4.78 is 32.1. The second-order valence-electron chi connectivity index (χ2n) is 5.39. The number of amides is 1. The van der Waals surface area contributed by atoms with Crippen molar-refractivity contribution in [2.24, 2.45) is 0 Å². The largest absolute Gasteiger partial charge is 0.441 e. The maximum absolute atomic E-state index is 13.6. The van der Waals surface area contributed by atoms with E-state index in [0.29, 0.717) is 22.7 Å². The van der Waals surface area contributed by atoms with Gasteiger partial charge in [0.25, 0.3) is 0 Å². The van der Waals surface area contributed by atoms with Crippen molar-refractivity contribution in [1.82, 2.24) is 4.98 Å². The first kappa shape index (κ1) is 15.9. The third kappa shape index (κ3) is 3.34. The fourth-order valence-electron chi connectivity index (χ4n) is 2.28.